The Balaban J connectivity index is 1.39. The van der Waals surface area contributed by atoms with E-state index in [1.807, 2.05) is 42.8 Å². The van der Waals surface area contributed by atoms with Crippen LogP contribution in [0, 0.1) is 29.9 Å². The number of benzene rings is 2. The monoisotopic (exact) mass is 527 g/mol. The molecule has 3 aromatic rings. The lowest BCUT2D eigenvalue weighted by Crippen LogP contribution is -2.41. The normalized spacial score (nSPS) is 14.9. The summed E-state index contributed by atoms with van der Waals surface area (Å²) < 4.78 is 34.3. The van der Waals surface area contributed by atoms with Crippen molar-refractivity contribution >= 4 is 27.3 Å². The summed E-state index contributed by atoms with van der Waals surface area (Å²) in [5.41, 5.74) is 3.03. The van der Waals surface area contributed by atoms with Crippen molar-refractivity contribution in [3.63, 3.8) is 0 Å². The minimum Gasteiger partial charge on any atom is -0.497 e. The van der Waals surface area contributed by atoms with Gasteiger partial charge in [-0.15, -0.1) is 0 Å². The number of aryl methyl sites for hydroxylation is 1. The van der Waals surface area contributed by atoms with Crippen LogP contribution >= 0.6 is 0 Å². The number of nitro groups is 1. The predicted octanol–water partition coefficient (Wildman–Crippen LogP) is 3.50. The smallest absolute Gasteiger partial charge is 0.269 e. The van der Waals surface area contributed by atoms with Crippen molar-refractivity contribution in [2.24, 2.45) is 5.92 Å². The molecular formula is C25H29N5O6S. The zero-order valence-electron chi connectivity index (χ0n) is 20.9. The molecule has 2 aromatic carbocycles. The fourth-order valence-corrected chi connectivity index (χ4v) is 5.92. The third kappa shape index (κ3) is 5.65. The number of ether oxygens (including phenoxy) is 1. The maximum Gasteiger partial charge on any atom is 0.269 e. The van der Waals surface area contributed by atoms with Crippen LogP contribution in [-0.4, -0.2) is 53.5 Å². The van der Waals surface area contributed by atoms with E-state index in [1.165, 1.54) is 28.6 Å². The molecule has 0 saturated carbocycles. The summed E-state index contributed by atoms with van der Waals surface area (Å²) in [4.78, 5) is 23.3. The summed E-state index contributed by atoms with van der Waals surface area (Å²) in [5.74, 6) is 0.248. The van der Waals surface area contributed by atoms with Crippen molar-refractivity contribution in [3.8, 4) is 5.75 Å². The van der Waals surface area contributed by atoms with Crippen molar-refractivity contribution in [3.05, 3.63) is 75.6 Å². The molecule has 1 aromatic heterocycles. The summed E-state index contributed by atoms with van der Waals surface area (Å²) in [7, 11) is -2.18. The highest BCUT2D eigenvalue weighted by atomic mass is 32.2. The molecule has 196 valence electrons. The van der Waals surface area contributed by atoms with Gasteiger partial charge >= 0.3 is 0 Å². The molecule has 1 fully saturated rings. The number of carbonyl (C=O) groups excluding carboxylic acids is 1. The number of non-ortho nitro benzene ring substituents is 1. The van der Waals surface area contributed by atoms with Crippen LogP contribution in [0.15, 0.2) is 53.4 Å². The first kappa shape index (κ1) is 26.3. The molecule has 12 heteroatoms. The minimum atomic E-state index is -3.80. The molecule has 1 amide bonds. The molecule has 1 saturated heterocycles. The number of sulfonamides is 1. The van der Waals surface area contributed by atoms with Gasteiger partial charge in [-0.05, 0) is 56.5 Å². The van der Waals surface area contributed by atoms with Gasteiger partial charge in [0.15, 0.2) is 0 Å². The van der Waals surface area contributed by atoms with Crippen molar-refractivity contribution in [2.75, 3.05) is 25.5 Å². The molecule has 0 bridgehead atoms. The van der Waals surface area contributed by atoms with Crippen molar-refractivity contribution in [1.82, 2.24) is 14.1 Å². The Bertz CT molecular complexity index is 1410. The number of rotatable bonds is 8. The Morgan fingerprint density at radius 2 is 1.84 bits per heavy atom. The van der Waals surface area contributed by atoms with E-state index in [0.717, 1.165) is 17.0 Å². The number of carbonyl (C=O) groups is 1. The van der Waals surface area contributed by atoms with E-state index in [0.29, 0.717) is 30.8 Å². The molecule has 0 spiro atoms. The fourth-order valence-electron chi connectivity index (χ4n) is 4.45. The molecule has 0 atom stereocenters. The average Bonchev–Trinajstić information content (AvgIpc) is 3.16. The zero-order chi connectivity index (χ0) is 26.7. The highest BCUT2D eigenvalue weighted by molar-refractivity contribution is 7.89. The number of amides is 1. The van der Waals surface area contributed by atoms with Crippen LogP contribution < -0.4 is 10.1 Å². The highest BCUT2D eigenvalue weighted by Gasteiger charge is 2.33. The third-order valence-corrected chi connectivity index (χ3v) is 8.52. The molecule has 37 heavy (non-hydrogen) atoms. The van der Waals surface area contributed by atoms with Gasteiger partial charge in [-0.3, -0.25) is 19.6 Å². The maximum absolute atomic E-state index is 13.1. The Labute approximate surface area is 215 Å². The number of hydrogen-bond acceptors (Lipinski definition) is 7. The van der Waals surface area contributed by atoms with Crippen molar-refractivity contribution < 1.29 is 22.9 Å². The predicted molar refractivity (Wildman–Crippen MR) is 137 cm³/mol. The first-order chi connectivity index (χ1) is 17.6. The van der Waals surface area contributed by atoms with Crippen LogP contribution in [0.3, 0.4) is 0 Å². The Morgan fingerprint density at radius 3 is 2.46 bits per heavy atom. The van der Waals surface area contributed by atoms with Crippen molar-refractivity contribution in [2.45, 2.75) is 38.1 Å². The zero-order valence-corrected chi connectivity index (χ0v) is 21.7. The maximum atomic E-state index is 13.1. The molecule has 1 aliphatic heterocycles. The highest BCUT2D eigenvalue weighted by Crippen LogP contribution is 2.28. The topological polar surface area (TPSA) is 137 Å². The van der Waals surface area contributed by atoms with Crippen LogP contribution in [0.2, 0.25) is 0 Å². The van der Waals surface area contributed by atoms with Gasteiger partial charge in [-0.25, -0.2) is 8.42 Å². The van der Waals surface area contributed by atoms with E-state index in [1.54, 1.807) is 7.11 Å². The lowest BCUT2D eigenvalue weighted by molar-refractivity contribution is -0.384. The Morgan fingerprint density at radius 1 is 1.16 bits per heavy atom. The van der Waals surface area contributed by atoms with E-state index < -0.39 is 14.9 Å². The van der Waals surface area contributed by atoms with E-state index >= 15 is 0 Å². The molecule has 0 unspecified atom stereocenters. The van der Waals surface area contributed by atoms with Gasteiger partial charge in [-0.2, -0.15) is 9.40 Å². The van der Waals surface area contributed by atoms with Crippen LogP contribution in [0.4, 0.5) is 11.4 Å². The summed E-state index contributed by atoms with van der Waals surface area (Å²) in [6.45, 7) is 4.63. The van der Waals surface area contributed by atoms with Gasteiger partial charge < -0.3 is 10.1 Å². The second-order valence-electron chi connectivity index (χ2n) is 8.97. The number of piperidine rings is 1. The van der Waals surface area contributed by atoms with E-state index in [4.69, 9.17) is 4.74 Å². The number of nitro benzene ring substituents is 1. The molecule has 4 rings (SSSR count). The van der Waals surface area contributed by atoms with Crippen LogP contribution in [0.25, 0.3) is 0 Å². The van der Waals surface area contributed by atoms with Gasteiger partial charge in [0, 0.05) is 31.1 Å². The SMILES string of the molecule is COc1cccc(Cn2nc(C)c(NC(=O)C3CCN(S(=O)(=O)c4ccc([N+](=O)[O-])cc4)CC3)c2C)c1. The first-order valence-corrected chi connectivity index (χ1v) is 13.3. The molecule has 11 nitrogen and oxygen atoms in total. The lowest BCUT2D eigenvalue weighted by atomic mass is 9.97. The molecule has 0 radical (unpaired) electrons. The second-order valence-corrected chi connectivity index (χ2v) is 10.9. The number of hydrogen-bond donors (Lipinski definition) is 1. The van der Waals surface area contributed by atoms with Gasteiger partial charge in [0.05, 0.1) is 40.5 Å². The molecule has 2 heterocycles. The average molecular weight is 528 g/mol. The first-order valence-electron chi connectivity index (χ1n) is 11.8. The number of nitrogens with zero attached hydrogens (tertiary/aromatic N) is 4. The standard InChI is InChI=1S/C25H29N5O6S/c1-17-24(18(2)29(27-17)16-19-5-4-6-22(15-19)36-3)26-25(31)20-11-13-28(14-12-20)37(34,35)23-9-7-21(8-10-23)30(32)33/h4-10,15,20H,11-14,16H2,1-3H3,(H,26,31). The molecule has 1 N–H and O–H groups in total. The van der Waals surface area contributed by atoms with Crippen molar-refractivity contribution in [1.29, 1.82) is 0 Å². The number of anilines is 1. The van der Waals surface area contributed by atoms with Crippen LogP contribution in [0.5, 0.6) is 5.75 Å². The molecule has 0 aliphatic carbocycles. The summed E-state index contributed by atoms with van der Waals surface area (Å²) in [6, 6.07) is 12.5. The van der Waals surface area contributed by atoms with Crippen LogP contribution in [0.1, 0.15) is 29.8 Å². The van der Waals surface area contributed by atoms with Gasteiger partial charge in [-0.1, -0.05) is 12.1 Å². The largest absolute Gasteiger partial charge is 0.497 e. The summed E-state index contributed by atoms with van der Waals surface area (Å²) in [6.07, 6.45) is 0.738. The van der Waals surface area contributed by atoms with Gasteiger partial charge in [0.25, 0.3) is 5.69 Å². The quantitative estimate of drug-likeness (QED) is 0.350. The second kappa shape index (κ2) is 10.7. The van der Waals surface area contributed by atoms with E-state index in [2.05, 4.69) is 10.4 Å². The van der Waals surface area contributed by atoms with Gasteiger partial charge in [0.2, 0.25) is 15.9 Å². The lowest BCUT2D eigenvalue weighted by Gasteiger charge is -2.30. The van der Waals surface area contributed by atoms with E-state index in [-0.39, 0.29) is 35.5 Å². The molecular weight excluding hydrogens is 498 g/mol. The summed E-state index contributed by atoms with van der Waals surface area (Å²) in [5, 5.41) is 18.4. The minimum absolute atomic E-state index is 0.00398. The Kier molecular flexibility index (Phi) is 7.60. The number of methoxy groups -OCH3 is 1. The van der Waals surface area contributed by atoms with Crippen LogP contribution in [-0.2, 0) is 21.4 Å². The summed E-state index contributed by atoms with van der Waals surface area (Å²) >= 11 is 0. The van der Waals surface area contributed by atoms with E-state index in [9.17, 15) is 23.3 Å². The van der Waals surface area contributed by atoms with Gasteiger partial charge in [0.1, 0.15) is 5.75 Å². The Hall–Kier alpha value is -3.77. The number of aromatic nitrogens is 2. The molecule has 1 aliphatic rings. The fraction of sp³-hybridized carbons (Fsp3) is 0.360. The third-order valence-electron chi connectivity index (χ3n) is 6.61. The number of nitrogens with one attached hydrogen (secondary N) is 1.